The highest BCUT2D eigenvalue weighted by Crippen LogP contribution is 2.30. The Labute approximate surface area is 309 Å². The second-order valence-corrected chi connectivity index (χ2v) is 14.9. The Kier molecular flexibility index (Phi) is 11.7. The van der Waals surface area contributed by atoms with E-state index in [1.807, 2.05) is 52.0 Å². The third-order valence-electron chi connectivity index (χ3n) is 7.70. The minimum Gasteiger partial charge on any atom is -0.465 e. The number of amides is 3. The third kappa shape index (κ3) is 10.5. The number of aromatic nitrogens is 4. The van der Waals surface area contributed by atoms with E-state index in [0.29, 0.717) is 11.1 Å². The van der Waals surface area contributed by atoms with E-state index in [1.165, 1.54) is 27.0 Å². The average molecular weight is 723 g/mol. The van der Waals surface area contributed by atoms with Crippen molar-refractivity contribution in [2.75, 3.05) is 24.3 Å². The maximum Gasteiger partial charge on any atom is 0.428 e. The number of carboxylic acid groups (broad SMARTS) is 1. The molecule has 0 aliphatic rings. The molecule has 53 heavy (non-hydrogen) atoms. The lowest BCUT2D eigenvalue weighted by Crippen LogP contribution is -2.48. The first kappa shape index (κ1) is 39.7. The zero-order chi connectivity index (χ0) is 39.4. The number of nitrogens with one attached hydrogen (secondary N) is 2. The number of nitrogens with zero attached hydrogens (tertiary/aromatic N) is 6. The number of anilines is 2. The molecule has 3 heterocycles. The summed E-state index contributed by atoms with van der Waals surface area (Å²) in [6.45, 7) is 17.3. The van der Waals surface area contributed by atoms with Crippen LogP contribution in [0.2, 0.25) is 0 Å². The molecule has 3 amide bonds. The highest BCUT2D eigenvalue weighted by atomic mass is 16.6. The van der Waals surface area contributed by atoms with Crippen LogP contribution < -0.4 is 10.7 Å². The molecule has 4 aromatic rings. The van der Waals surface area contributed by atoms with Gasteiger partial charge in [-0.05, 0) is 95.5 Å². The van der Waals surface area contributed by atoms with E-state index in [0.717, 1.165) is 26.4 Å². The van der Waals surface area contributed by atoms with Crippen molar-refractivity contribution in [1.29, 1.82) is 0 Å². The summed E-state index contributed by atoms with van der Waals surface area (Å²) in [6.07, 6.45) is -0.211. The number of ketones is 1. The minimum absolute atomic E-state index is 0.0520. The van der Waals surface area contributed by atoms with Gasteiger partial charge in [0.1, 0.15) is 29.0 Å². The standard InChI is InChI=1S/C39H46N8O6/c1-22-30-15-13-26(18-27(30)16-17-40-22)12-14-29-19-28(20-31(43-29)44-35(49)23(2)47(36(50)51)21-38(5,6)7)33-32(24(3)48)34(42-25(4)41-33)45-46(11)37(52)53-39(8,9)10/h13,15-20,23H,21H2,1-11H3,(H,50,51)(H,41,42,45)(H,43,44,49). The first-order chi connectivity index (χ1) is 24.6. The summed E-state index contributed by atoms with van der Waals surface area (Å²) in [7, 11) is 1.44. The van der Waals surface area contributed by atoms with Gasteiger partial charge < -0.3 is 15.2 Å². The number of hydrazine groups is 1. The molecule has 278 valence electrons. The van der Waals surface area contributed by atoms with Gasteiger partial charge in [-0.1, -0.05) is 32.8 Å². The summed E-state index contributed by atoms with van der Waals surface area (Å²) in [6, 6.07) is 9.71. The van der Waals surface area contributed by atoms with Gasteiger partial charge in [0, 0.05) is 42.0 Å². The molecule has 14 heteroatoms. The Balaban J connectivity index is 1.84. The lowest BCUT2D eigenvalue weighted by atomic mass is 9.95. The smallest absolute Gasteiger partial charge is 0.428 e. The minimum atomic E-state index is -1.24. The van der Waals surface area contributed by atoms with E-state index in [2.05, 4.69) is 42.5 Å². The number of hydrogen-bond acceptors (Lipinski definition) is 10. The molecule has 3 N–H and O–H groups in total. The van der Waals surface area contributed by atoms with Crippen LogP contribution in [0.3, 0.4) is 0 Å². The van der Waals surface area contributed by atoms with Crippen LogP contribution in [-0.4, -0.2) is 84.1 Å². The predicted octanol–water partition coefficient (Wildman–Crippen LogP) is 6.85. The average Bonchev–Trinajstić information content (AvgIpc) is 3.04. The van der Waals surface area contributed by atoms with Crippen molar-refractivity contribution in [2.24, 2.45) is 5.41 Å². The number of aryl methyl sites for hydroxylation is 2. The molecule has 0 saturated heterocycles. The number of carbonyl (C=O) groups excluding carboxylic acids is 3. The van der Waals surface area contributed by atoms with Crippen molar-refractivity contribution in [3.63, 3.8) is 0 Å². The second kappa shape index (κ2) is 15.6. The SMILES string of the molecule is CC(=O)c1c(NN(C)C(=O)OC(C)(C)C)nc(C)nc1-c1cc(C#Cc2ccc3c(C)nccc3c2)nc(NC(=O)C(C)N(CC(C)(C)C)C(=O)O)c1. The molecule has 0 fully saturated rings. The summed E-state index contributed by atoms with van der Waals surface area (Å²) in [5.41, 5.74) is 4.10. The van der Waals surface area contributed by atoms with Crippen LogP contribution in [0.25, 0.3) is 22.0 Å². The Hall–Kier alpha value is -6.10. The number of Topliss-reactive ketones (excluding diaryl/α,β-unsaturated/α-hetero) is 1. The molecule has 1 aromatic carbocycles. The topological polar surface area (TPSA) is 180 Å². The zero-order valence-electron chi connectivity index (χ0n) is 32.0. The van der Waals surface area contributed by atoms with Crippen LogP contribution >= 0.6 is 0 Å². The van der Waals surface area contributed by atoms with Gasteiger partial charge >= 0.3 is 12.2 Å². The van der Waals surface area contributed by atoms with Gasteiger partial charge in [-0.15, -0.1) is 0 Å². The summed E-state index contributed by atoms with van der Waals surface area (Å²) in [5, 5.41) is 15.7. The van der Waals surface area contributed by atoms with Crippen LogP contribution in [-0.2, 0) is 9.53 Å². The van der Waals surface area contributed by atoms with E-state index >= 15 is 0 Å². The molecule has 0 aliphatic heterocycles. The van der Waals surface area contributed by atoms with E-state index in [-0.39, 0.29) is 41.0 Å². The molecule has 0 saturated carbocycles. The fourth-order valence-electron chi connectivity index (χ4n) is 5.32. The number of benzene rings is 1. The van der Waals surface area contributed by atoms with Gasteiger partial charge in [0.05, 0.1) is 11.3 Å². The number of carbonyl (C=O) groups is 4. The monoisotopic (exact) mass is 722 g/mol. The van der Waals surface area contributed by atoms with Crippen molar-refractivity contribution in [1.82, 2.24) is 29.8 Å². The quantitative estimate of drug-likeness (QED) is 0.0983. The van der Waals surface area contributed by atoms with E-state index in [1.54, 1.807) is 40.0 Å². The number of fused-ring (bicyclic) bond motifs is 1. The molecule has 0 aliphatic carbocycles. The molecule has 1 atom stereocenters. The van der Waals surface area contributed by atoms with Gasteiger partial charge in [-0.3, -0.25) is 24.9 Å². The molecule has 0 radical (unpaired) electrons. The van der Waals surface area contributed by atoms with Crippen LogP contribution in [0.15, 0.2) is 42.6 Å². The van der Waals surface area contributed by atoms with Crippen LogP contribution in [0.4, 0.5) is 21.2 Å². The summed E-state index contributed by atoms with van der Waals surface area (Å²) >= 11 is 0. The van der Waals surface area contributed by atoms with Crippen LogP contribution in [0.1, 0.15) is 88.5 Å². The summed E-state index contributed by atoms with van der Waals surface area (Å²) in [5.74, 6) is 5.54. The number of ether oxygens (including phenoxy) is 1. The lowest BCUT2D eigenvalue weighted by Gasteiger charge is -2.31. The Morgan fingerprint density at radius 1 is 0.962 bits per heavy atom. The molecule has 0 spiro atoms. The highest BCUT2D eigenvalue weighted by molar-refractivity contribution is 6.05. The summed E-state index contributed by atoms with van der Waals surface area (Å²) in [4.78, 5) is 70.8. The Morgan fingerprint density at radius 2 is 1.66 bits per heavy atom. The molecule has 1 unspecified atom stereocenters. The van der Waals surface area contributed by atoms with Gasteiger partial charge in [-0.25, -0.2) is 29.5 Å². The van der Waals surface area contributed by atoms with Crippen molar-refractivity contribution in [3.05, 3.63) is 70.9 Å². The van der Waals surface area contributed by atoms with E-state index < -0.39 is 40.9 Å². The normalized spacial score (nSPS) is 11.9. The first-order valence-corrected chi connectivity index (χ1v) is 16.9. The van der Waals surface area contributed by atoms with E-state index in [4.69, 9.17) is 4.74 Å². The fourth-order valence-corrected chi connectivity index (χ4v) is 5.32. The number of hydrogen-bond donors (Lipinski definition) is 3. The zero-order valence-corrected chi connectivity index (χ0v) is 32.0. The second-order valence-electron chi connectivity index (χ2n) is 14.9. The number of pyridine rings is 2. The van der Waals surface area contributed by atoms with Gasteiger partial charge in [-0.2, -0.15) is 0 Å². The maximum absolute atomic E-state index is 13.6. The van der Waals surface area contributed by atoms with Gasteiger partial charge in [0.25, 0.3) is 0 Å². The van der Waals surface area contributed by atoms with Crippen LogP contribution in [0.5, 0.6) is 0 Å². The van der Waals surface area contributed by atoms with Gasteiger partial charge in [0.15, 0.2) is 11.6 Å². The van der Waals surface area contributed by atoms with Crippen molar-refractivity contribution in [2.45, 2.75) is 80.9 Å². The molecule has 3 aromatic heterocycles. The number of rotatable bonds is 8. The lowest BCUT2D eigenvalue weighted by molar-refractivity contribution is -0.120. The van der Waals surface area contributed by atoms with Gasteiger partial charge in [0.2, 0.25) is 5.91 Å². The molecular weight excluding hydrogens is 676 g/mol. The molecule has 0 bridgehead atoms. The predicted molar refractivity (Wildman–Crippen MR) is 202 cm³/mol. The summed E-state index contributed by atoms with van der Waals surface area (Å²) < 4.78 is 5.45. The molecule has 14 nitrogen and oxygen atoms in total. The molecule has 4 rings (SSSR count). The fraction of sp³-hybridized carbons (Fsp3) is 0.385. The van der Waals surface area contributed by atoms with Crippen LogP contribution in [0, 0.1) is 31.1 Å². The Morgan fingerprint density at radius 3 is 2.28 bits per heavy atom. The van der Waals surface area contributed by atoms with Crippen molar-refractivity contribution >= 4 is 46.3 Å². The van der Waals surface area contributed by atoms with Crippen molar-refractivity contribution in [3.8, 4) is 23.1 Å². The maximum atomic E-state index is 13.6. The van der Waals surface area contributed by atoms with E-state index in [9.17, 15) is 24.3 Å². The third-order valence-corrected chi connectivity index (χ3v) is 7.70. The van der Waals surface area contributed by atoms with Crippen molar-refractivity contribution < 1.29 is 29.0 Å². The molecular formula is C39H46N8O6. The largest absolute Gasteiger partial charge is 0.465 e. The first-order valence-electron chi connectivity index (χ1n) is 16.9. The highest BCUT2D eigenvalue weighted by Gasteiger charge is 2.30. The Bertz CT molecular complexity index is 2140.